The molecule has 0 aliphatic rings. The van der Waals surface area contributed by atoms with E-state index < -0.39 is 53.2 Å². The molecule has 2 N–H and O–H groups in total. The van der Waals surface area contributed by atoms with Gasteiger partial charge in [-0.1, -0.05) is 79.9 Å². The highest BCUT2D eigenvalue weighted by molar-refractivity contribution is 5.94. The van der Waals surface area contributed by atoms with Gasteiger partial charge in [0.25, 0.3) is 0 Å². The number of ether oxygens (including phenoxy) is 2. The average Bonchev–Trinajstić information content (AvgIpc) is 2.91. The van der Waals surface area contributed by atoms with Gasteiger partial charge < -0.3 is 25.0 Å². The third-order valence-corrected chi connectivity index (χ3v) is 7.19. The molecule has 0 fully saturated rings. The lowest BCUT2D eigenvalue weighted by Gasteiger charge is -2.36. The van der Waals surface area contributed by atoms with Gasteiger partial charge in [-0.15, -0.1) is 0 Å². The van der Waals surface area contributed by atoms with Gasteiger partial charge in [-0.2, -0.15) is 0 Å². The number of amides is 3. The Hall–Kier alpha value is -3.88. The smallest absolute Gasteiger partial charge is 0.408 e. The van der Waals surface area contributed by atoms with Gasteiger partial charge in [0.05, 0.1) is 0 Å². The van der Waals surface area contributed by atoms with Crippen molar-refractivity contribution in [2.24, 2.45) is 5.92 Å². The summed E-state index contributed by atoms with van der Waals surface area (Å²) in [7, 11) is 0. The molecular weight excluding hydrogens is 570 g/mol. The van der Waals surface area contributed by atoms with E-state index in [1.165, 1.54) is 4.90 Å². The second kappa shape index (κ2) is 15.9. The van der Waals surface area contributed by atoms with E-state index in [0.717, 1.165) is 16.7 Å². The number of hydrogen-bond donors (Lipinski definition) is 2. The third-order valence-electron chi connectivity index (χ3n) is 7.19. The highest BCUT2D eigenvalue weighted by Gasteiger charge is 2.39. The molecule has 2 rings (SSSR count). The van der Waals surface area contributed by atoms with Crippen LogP contribution in [0.25, 0.3) is 0 Å². The zero-order valence-electron chi connectivity index (χ0n) is 28.9. The van der Waals surface area contributed by atoms with E-state index in [2.05, 4.69) is 10.6 Å². The molecule has 0 aromatic heterocycles. The first-order valence-corrected chi connectivity index (χ1v) is 15.8. The fourth-order valence-electron chi connectivity index (χ4n) is 5.07. The van der Waals surface area contributed by atoms with Crippen LogP contribution in [0.2, 0.25) is 0 Å². The quantitative estimate of drug-likeness (QED) is 0.272. The van der Waals surface area contributed by atoms with Crippen LogP contribution < -0.4 is 10.6 Å². The van der Waals surface area contributed by atoms with Crippen LogP contribution in [0.5, 0.6) is 0 Å². The van der Waals surface area contributed by atoms with Crippen LogP contribution >= 0.6 is 0 Å². The van der Waals surface area contributed by atoms with Crippen molar-refractivity contribution in [3.8, 4) is 0 Å². The lowest BCUT2D eigenvalue weighted by molar-refractivity contribution is -0.159. The number of hydrogen-bond acceptors (Lipinski definition) is 6. The summed E-state index contributed by atoms with van der Waals surface area (Å²) >= 11 is 0. The van der Waals surface area contributed by atoms with E-state index >= 15 is 0 Å². The van der Waals surface area contributed by atoms with E-state index in [1.54, 1.807) is 48.5 Å². The second-order valence-electron chi connectivity index (χ2n) is 13.7. The summed E-state index contributed by atoms with van der Waals surface area (Å²) in [6, 6.07) is 12.1. The molecule has 0 spiro atoms. The number of carbonyl (C=O) groups is 4. The van der Waals surface area contributed by atoms with Crippen LogP contribution in [-0.4, -0.2) is 58.6 Å². The molecule has 0 aliphatic heterocycles. The minimum atomic E-state index is -1.09. The zero-order chi connectivity index (χ0) is 34.1. The van der Waals surface area contributed by atoms with Crippen molar-refractivity contribution >= 4 is 23.9 Å². The summed E-state index contributed by atoms with van der Waals surface area (Å²) < 4.78 is 11.2. The van der Waals surface area contributed by atoms with Gasteiger partial charge in [-0.25, -0.2) is 9.59 Å². The predicted molar refractivity (Wildman–Crippen MR) is 177 cm³/mol. The number of benzene rings is 2. The SMILES string of the molecule is CCC(C)C(NC(=O)OC(C)(C)C)C(=O)N(CC)C(C(=O)NC(Cc1ccccc1)C(=O)OC(C)(C)C)c1cc(C)cc(C)c1. The molecule has 0 aliphatic carbocycles. The Balaban J connectivity index is 2.59. The summed E-state index contributed by atoms with van der Waals surface area (Å²) in [6.45, 7) is 20.2. The number of likely N-dealkylation sites (N-methyl/N-ethyl adjacent to an activating group) is 1. The van der Waals surface area contributed by atoms with Gasteiger partial charge >= 0.3 is 12.1 Å². The zero-order valence-corrected chi connectivity index (χ0v) is 28.9. The first kappa shape index (κ1) is 37.3. The molecular formula is C36H53N3O6. The van der Waals surface area contributed by atoms with Crippen LogP contribution in [-0.2, 0) is 30.3 Å². The number of nitrogens with zero attached hydrogens (tertiary/aromatic N) is 1. The van der Waals surface area contributed by atoms with E-state index in [1.807, 2.05) is 76.2 Å². The summed E-state index contributed by atoms with van der Waals surface area (Å²) in [4.78, 5) is 56.5. The Morgan fingerprint density at radius 3 is 1.87 bits per heavy atom. The van der Waals surface area contributed by atoms with Crippen molar-refractivity contribution < 1.29 is 28.7 Å². The monoisotopic (exact) mass is 623 g/mol. The first-order chi connectivity index (χ1) is 20.8. The molecule has 0 saturated heterocycles. The third kappa shape index (κ3) is 11.9. The standard InChI is InChI=1S/C36H53N3O6/c1-12-25(5)29(38-34(43)45-36(9,10)11)32(41)39(13-2)30(27-20-23(3)19-24(4)21-27)31(40)37-28(33(42)44-35(6,7)8)22-26-17-15-14-16-18-26/h14-21,25,28-30H,12-13,22H2,1-11H3,(H,37,40)(H,38,43). The maximum atomic E-state index is 14.4. The molecule has 0 saturated carbocycles. The van der Waals surface area contributed by atoms with Gasteiger partial charge in [0.2, 0.25) is 11.8 Å². The highest BCUT2D eigenvalue weighted by Crippen LogP contribution is 2.27. The maximum Gasteiger partial charge on any atom is 0.408 e. The van der Waals surface area contributed by atoms with Crippen molar-refractivity contribution in [2.75, 3.05) is 6.54 Å². The largest absolute Gasteiger partial charge is 0.458 e. The Bertz CT molecular complexity index is 1290. The first-order valence-electron chi connectivity index (χ1n) is 15.8. The maximum absolute atomic E-state index is 14.4. The highest BCUT2D eigenvalue weighted by atomic mass is 16.6. The molecule has 9 heteroatoms. The topological polar surface area (TPSA) is 114 Å². The van der Waals surface area contributed by atoms with Crippen molar-refractivity contribution in [1.29, 1.82) is 0 Å². The molecule has 0 bridgehead atoms. The van der Waals surface area contributed by atoms with E-state index in [0.29, 0.717) is 12.0 Å². The van der Waals surface area contributed by atoms with E-state index in [4.69, 9.17) is 9.47 Å². The molecule has 3 amide bonds. The van der Waals surface area contributed by atoms with Crippen LogP contribution in [0.15, 0.2) is 48.5 Å². The van der Waals surface area contributed by atoms with Crippen LogP contribution in [0, 0.1) is 19.8 Å². The molecule has 248 valence electrons. The lowest BCUT2D eigenvalue weighted by atomic mass is 9.94. The van der Waals surface area contributed by atoms with Crippen molar-refractivity contribution in [2.45, 2.75) is 118 Å². The molecule has 2 aromatic carbocycles. The summed E-state index contributed by atoms with van der Waals surface area (Å²) in [6.07, 6.45) is 0.0937. The molecule has 45 heavy (non-hydrogen) atoms. The molecule has 4 unspecified atom stereocenters. The van der Waals surface area contributed by atoms with Gasteiger partial charge in [0.15, 0.2) is 0 Å². The number of rotatable bonds is 12. The van der Waals surface area contributed by atoms with Gasteiger partial charge in [0, 0.05) is 13.0 Å². The second-order valence-corrected chi connectivity index (χ2v) is 13.7. The molecule has 0 radical (unpaired) electrons. The Morgan fingerprint density at radius 1 is 0.822 bits per heavy atom. The van der Waals surface area contributed by atoms with E-state index in [9.17, 15) is 19.2 Å². The molecule has 9 nitrogen and oxygen atoms in total. The van der Waals surface area contributed by atoms with Crippen LogP contribution in [0.1, 0.15) is 97.0 Å². The van der Waals surface area contributed by atoms with Gasteiger partial charge in [-0.3, -0.25) is 9.59 Å². The van der Waals surface area contributed by atoms with Crippen LogP contribution in [0.4, 0.5) is 4.79 Å². The lowest BCUT2D eigenvalue weighted by Crippen LogP contribution is -2.56. The van der Waals surface area contributed by atoms with Crippen molar-refractivity contribution in [1.82, 2.24) is 15.5 Å². The summed E-state index contributed by atoms with van der Waals surface area (Å²) in [5.41, 5.74) is 1.76. The predicted octanol–water partition coefficient (Wildman–Crippen LogP) is 6.20. The summed E-state index contributed by atoms with van der Waals surface area (Å²) in [5, 5.41) is 5.70. The molecule has 2 aromatic rings. The van der Waals surface area contributed by atoms with Crippen LogP contribution in [0.3, 0.4) is 0 Å². The average molecular weight is 624 g/mol. The summed E-state index contributed by atoms with van der Waals surface area (Å²) in [5.74, 6) is -1.78. The fraction of sp³-hybridized carbons (Fsp3) is 0.556. The molecule has 4 atom stereocenters. The minimum Gasteiger partial charge on any atom is -0.458 e. The van der Waals surface area contributed by atoms with Gasteiger partial charge in [0.1, 0.15) is 29.3 Å². The fourth-order valence-corrected chi connectivity index (χ4v) is 5.07. The Kier molecular flexibility index (Phi) is 13.2. The van der Waals surface area contributed by atoms with Crippen molar-refractivity contribution in [3.05, 3.63) is 70.8 Å². The Labute approximate surface area is 269 Å². The normalized spacial score (nSPS) is 14.4. The Morgan fingerprint density at radius 2 is 1.38 bits per heavy atom. The van der Waals surface area contributed by atoms with Gasteiger partial charge in [-0.05, 0) is 79.4 Å². The minimum absolute atomic E-state index is 0.169. The number of nitrogens with one attached hydrogen (secondary N) is 2. The molecule has 0 heterocycles. The number of aryl methyl sites for hydroxylation is 2. The van der Waals surface area contributed by atoms with Crippen molar-refractivity contribution in [3.63, 3.8) is 0 Å². The number of carbonyl (C=O) groups excluding carboxylic acids is 4. The van der Waals surface area contributed by atoms with E-state index in [-0.39, 0.29) is 18.9 Å². The number of esters is 1. The number of alkyl carbamates (subject to hydrolysis) is 1.